The Kier molecular flexibility index (Phi) is 2.50. The summed E-state index contributed by atoms with van der Waals surface area (Å²) in [6, 6.07) is 6.52. The van der Waals surface area contributed by atoms with Gasteiger partial charge in [0.2, 0.25) is 0 Å². The molecule has 2 nitrogen and oxygen atoms in total. The van der Waals surface area contributed by atoms with Crippen molar-refractivity contribution >= 4 is 0 Å². The van der Waals surface area contributed by atoms with Gasteiger partial charge in [0.05, 0.1) is 5.41 Å². The lowest BCUT2D eigenvalue weighted by Gasteiger charge is -2.31. The molecule has 3 aliphatic rings. The predicted molar refractivity (Wildman–Crippen MR) is 81.0 cm³/mol. The fraction of sp³-hybridized carbons (Fsp3) is 0.444. The van der Waals surface area contributed by atoms with Crippen LogP contribution < -0.4 is 4.74 Å². The molecule has 0 saturated carbocycles. The first-order chi connectivity index (χ1) is 9.67. The summed E-state index contributed by atoms with van der Waals surface area (Å²) in [6.45, 7) is 6.81. The van der Waals surface area contributed by atoms with Gasteiger partial charge in [-0.05, 0) is 44.9 Å². The number of hydrogen-bond donors (Lipinski definition) is 0. The van der Waals surface area contributed by atoms with Crippen molar-refractivity contribution in [1.29, 1.82) is 0 Å². The van der Waals surface area contributed by atoms with Gasteiger partial charge in [-0.2, -0.15) is 0 Å². The van der Waals surface area contributed by atoms with E-state index in [1.54, 1.807) is 0 Å². The molecule has 0 aromatic heterocycles. The van der Waals surface area contributed by atoms with Crippen molar-refractivity contribution in [2.75, 3.05) is 13.1 Å². The topological polar surface area (TPSA) is 12.5 Å². The minimum Gasteiger partial charge on any atom is -0.485 e. The Morgan fingerprint density at radius 1 is 1.25 bits per heavy atom. The number of likely N-dealkylation sites (tertiary alicyclic amines) is 1. The highest BCUT2D eigenvalue weighted by atomic mass is 16.5. The van der Waals surface area contributed by atoms with Crippen molar-refractivity contribution in [3.63, 3.8) is 0 Å². The average Bonchev–Trinajstić information content (AvgIpc) is 3.05. The van der Waals surface area contributed by atoms with Gasteiger partial charge in [-0.3, -0.25) is 0 Å². The summed E-state index contributed by atoms with van der Waals surface area (Å²) in [7, 11) is 0. The molecule has 0 bridgehead atoms. The number of ether oxygens (including phenoxy) is 1. The first kappa shape index (κ1) is 12.1. The summed E-state index contributed by atoms with van der Waals surface area (Å²) in [6.07, 6.45) is 9.72. The quantitative estimate of drug-likeness (QED) is 0.771. The van der Waals surface area contributed by atoms with Crippen molar-refractivity contribution in [3.05, 3.63) is 53.3 Å². The Morgan fingerprint density at radius 2 is 2.05 bits per heavy atom. The normalized spacial score (nSPS) is 30.8. The smallest absolute Gasteiger partial charge is 0.132 e. The van der Waals surface area contributed by atoms with Crippen LogP contribution in [-0.2, 0) is 5.41 Å². The molecule has 1 saturated heterocycles. The summed E-state index contributed by atoms with van der Waals surface area (Å²) in [5.41, 5.74) is 3.96. The molecular weight excluding hydrogens is 246 g/mol. The van der Waals surface area contributed by atoms with E-state index in [9.17, 15) is 0 Å². The number of rotatable bonds is 1. The van der Waals surface area contributed by atoms with Gasteiger partial charge in [0.25, 0.3) is 0 Å². The second kappa shape index (κ2) is 4.15. The maximum atomic E-state index is 6.20. The summed E-state index contributed by atoms with van der Waals surface area (Å²) in [5, 5.41) is 0. The Hall–Kier alpha value is -1.70. The second-order valence-electron chi connectivity index (χ2n) is 6.44. The van der Waals surface area contributed by atoms with E-state index in [0.717, 1.165) is 5.75 Å². The molecule has 2 atom stereocenters. The van der Waals surface area contributed by atoms with Crippen LogP contribution in [0.1, 0.15) is 30.9 Å². The third-order valence-corrected chi connectivity index (χ3v) is 4.95. The maximum Gasteiger partial charge on any atom is 0.132 e. The van der Waals surface area contributed by atoms with E-state index in [2.05, 4.69) is 55.2 Å². The molecule has 104 valence electrons. The van der Waals surface area contributed by atoms with Gasteiger partial charge >= 0.3 is 0 Å². The van der Waals surface area contributed by atoms with Crippen molar-refractivity contribution in [3.8, 4) is 5.75 Å². The summed E-state index contributed by atoms with van der Waals surface area (Å²) < 4.78 is 6.20. The molecule has 1 aromatic carbocycles. The first-order valence-electron chi connectivity index (χ1n) is 7.61. The second-order valence-corrected chi connectivity index (χ2v) is 6.44. The highest BCUT2D eigenvalue weighted by Gasteiger charge is 2.44. The Labute approximate surface area is 120 Å². The van der Waals surface area contributed by atoms with E-state index in [4.69, 9.17) is 4.74 Å². The van der Waals surface area contributed by atoms with Crippen LogP contribution in [0.2, 0.25) is 0 Å². The standard InChI is InChI=1S/C18H21NO/c1-13-5-6-16-15(11-13)18(2)8-7-14(12-17(18)20-16)19-9-3-4-10-19/h5-8,11-12,17H,3-4,9-10H2,1-2H3/t17-,18-/m0/s1. The molecule has 2 heteroatoms. The molecule has 20 heavy (non-hydrogen) atoms. The summed E-state index contributed by atoms with van der Waals surface area (Å²) in [4.78, 5) is 2.48. The van der Waals surface area contributed by atoms with Crippen molar-refractivity contribution < 1.29 is 4.74 Å². The minimum absolute atomic E-state index is 0.00935. The van der Waals surface area contributed by atoms with Crippen molar-refractivity contribution in [2.45, 2.75) is 38.2 Å². The highest BCUT2D eigenvalue weighted by Crippen LogP contribution is 2.47. The Morgan fingerprint density at radius 3 is 2.85 bits per heavy atom. The molecule has 1 fully saturated rings. The predicted octanol–water partition coefficient (Wildman–Crippen LogP) is 3.56. The number of allylic oxidation sites excluding steroid dienone is 1. The van der Waals surface area contributed by atoms with Crippen LogP contribution in [0, 0.1) is 6.92 Å². The molecule has 0 unspecified atom stereocenters. The summed E-state index contributed by atoms with van der Waals surface area (Å²) in [5.74, 6) is 1.05. The third-order valence-electron chi connectivity index (χ3n) is 4.95. The largest absolute Gasteiger partial charge is 0.485 e. The SMILES string of the molecule is Cc1ccc2c(c1)[C@]1(C)C=CC(N3CCCC3)=C[C@@H]1O2. The van der Waals surface area contributed by atoms with Gasteiger partial charge in [0, 0.05) is 24.4 Å². The lowest BCUT2D eigenvalue weighted by molar-refractivity contribution is 0.222. The fourth-order valence-electron chi connectivity index (χ4n) is 3.63. The van der Waals surface area contributed by atoms with Crippen molar-refractivity contribution in [1.82, 2.24) is 4.90 Å². The zero-order chi connectivity index (χ0) is 13.7. The molecule has 1 aliphatic carbocycles. The number of aryl methyl sites for hydroxylation is 1. The molecule has 0 spiro atoms. The zero-order valence-corrected chi connectivity index (χ0v) is 12.2. The average molecular weight is 267 g/mol. The molecule has 2 heterocycles. The van der Waals surface area contributed by atoms with Crippen LogP contribution in [-0.4, -0.2) is 24.1 Å². The number of nitrogens with zero attached hydrogens (tertiary/aromatic N) is 1. The molecular formula is C18H21NO. The van der Waals surface area contributed by atoms with Gasteiger partial charge in [0.15, 0.2) is 0 Å². The Bertz CT molecular complexity index is 610. The molecule has 1 aromatic rings. The van der Waals surface area contributed by atoms with Gasteiger partial charge in [-0.25, -0.2) is 0 Å². The fourth-order valence-corrected chi connectivity index (χ4v) is 3.63. The number of benzene rings is 1. The zero-order valence-electron chi connectivity index (χ0n) is 12.2. The van der Waals surface area contributed by atoms with E-state index in [1.807, 2.05) is 0 Å². The lowest BCUT2D eigenvalue weighted by Crippen LogP contribution is -2.36. The molecule has 4 rings (SSSR count). The van der Waals surface area contributed by atoms with Crippen LogP contribution in [0.4, 0.5) is 0 Å². The highest BCUT2D eigenvalue weighted by molar-refractivity contribution is 5.53. The first-order valence-corrected chi connectivity index (χ1v) is 7.61. The van der Waals surface area contributed by atoms with Gasteiger partial charge in [-0.1, -0.05) is 23.8 Å². The molecule has 0 amide bonds. The van der Waals surface area contributed by atoms with E-state index in [0.29, 0.717) is 0 Å². The van der Waals surface area contributed by atoms with E-state index < -0.39 is 0 Å². The van der Waals surface area contributed by atoms with Gasteiger partial charge in [0.1, 0.15) is 11.9 Å². The number of fused-ring (bicyclic) bond motifs is 3. The van der Waals surface area contributed by atoms with E-state index >= 15 is 0 Å². The monoisotopic (exact) mass is 267 g/mol. The van der Waals surface area contributed by atoms with Crippen LogP contribution >= 0.6 is 0 Å². The van der Waals surface area contributed by atoms with Gasteiger partial charge in [-0.15, -0.1) is 0 Å². The van der Waals surface area contributed by atoms with Crippen LogP contribution in [0.3, 0.4) is 0 Å². The molecule has 0 N–H and O–H groups in total. The summed E-state index contributed by atoms with van der Waals surface area (Å²) >= 11 is 0. The van der Waals surface area contributed by atoms with Crippen LogP contribution in [0.5, 0.6) is 5.75 Å². The van der Waals surface area contributed by atoms with Crippen LogP contribution in [0.25, 0.3) is 0 Å². The number of hydrogen-bond acceptors (Lipinski definition) is 2. The molecule has 2 aliphatic heterocycles. The van der Waals surface area contributed by atoms with Crippen molar-refractivity contribution in [2.24, 2.45) is 0 Å². The van der Waals surface area contributed by atoms with Gasteiger partial charge < -0.3 is 9.64 Å². The lowest BCUT2D eigenvalue weighted by atomic mass is 9.76. The maximum absolute atomic E-state index is 6.20. The molecule has 0 radical (unpaired) electrons. The third kappa shape index (κ3) is 1.64. The van der Waals surface area contributed by atoms with Crippen LogP contribution in [0.15, 0.2) is 42.1 Å². The van der Waals surface area contributed by atoms with E-state index in [-0.39, 0.29) is 11.5 Å². The minimum atomic E-state index is -0.00935. The Balaban J connectivity index is 1.72. The van der Waals surface area contributed by atoms with E-state index in [1.165, 1.54) is 42.8 Å².